The zero-order chi connectivity index (χ0) is 11.4. The van der Waals surface area contributed by atoms with Crippen molar-refractivity contribution in [1.82, 2.24) is 4.98 Å². The number of nitriles is 1. The highest BCUT2D eigenvalue weighted by molar-refractivity contribution is 14.1. The van der Waals surface area contributed by atoms with Gasteiger partial charge in [-0.3, -0.25) is 0 Å². The summed E-state index contributed by atoms with van der Waals surface area (Å²) >= 11 is 2.25. The second-order valence-corrected chi connectivity index (χ2v) is 4.39. The van der Waals surface area contributed by atoms with E-state index < -0.39 is 0 Å². The van der Waals surface area contributed by atoms with Crippen LogP contribution in [0.25, 0.3) is 0 Å². The Morgan fingerprint density at radius 3 is 2.62 bits per heavy atom. The van der Waals surface area contributed by atoms with Crippen LogP contribution in [0.5, 0.6) is 0 Å². The Hall–Kier alpha value is -1.61. The van der Waals surface area contributed by atoms with E-state index in [-0.39, 0.29) is 0 Å². The van der Waals surface area contributed by atoms with E-state index in [0.717, 1.165) is 11.4 Å². The second-order valence-electron chi connectivity index (χ2n) is 3.14. The standard InChI is InChI=1S/C12H8IN3/c13-9-3-5-10(6-4-9)16-11-2-1-7-15-12(11)8-14/h1-7,16H. The number of rotatable bonds is 2. The lowest BCUT2D eigenvalue weighted by Crippen LogP contribution is -1.95. The van der Waals surface area contributed by atoms with Crippen molar-refractivity contribution >= 4 is 34.0 Å². The van der Waals surface area contributed by atoms with Gasteiger partial charge < -0.3 is 5.32 Å². The first-order chi connectivity index (χ1) is 7.79. The predicted molar refractivity (Wildman–Crippen MR) is 71.4 cm³/mol. The molecule has 0 radical (unpaired) electrons. The van der Waals surface area contributed by atoms with E-state index >= 15 is 0 Å². The first kappa shape index (κ1) is 10.9. The van der Waals surface area contributed by atoms with E-state index in [1.165, 1.54) is 3.57 Å². The van der Waals surface area contributed by atoms with Gasteiger partial charge in [0.05, 0.1) is 5.69 Å². The summed E-state index contributed by atoms with van der Waals surface area (Å²) in [5, 5.41) is 12.0. The molecule has 0 bridgehead atoms. The van der Waals surface area contributed by atoms with Crippen LogP contribution < -0.4 is 5.32 Å². The highest BCUT2D eigenvalue weighted by Crippen LogP contribution is 2.19. The van der Waals surface area contributed by atoms with Crippen LogP contribution in [0, 0.1) is 14.9 Å². The predicted octanol–water partition coefficient (Wildman–Crippen LogP) is 3.30. The third-order valence-electron chi connectivity index (χ3n) is 2.04. The number of aromatic nitrogens is 1. The van der Waals surface area contributed by atoms with Gasteiger partial charge in [-0.15, -0.1) is 0 Å². The van der Waals surface area contributed by atoms with Crippen molar-refractivity contribution in [3.63, 3.8) is 0 Å². The molecule has 0 aliphatic rings. The van der Waals surface area contributed by atoms with Gasteiger partial charge in [-0.1, -0.05) is 0 Å². The molecular formula is C12H8IN3. The number of nitrogens with one attached hydrogen (secondary N) is 1. The smallest absolute Gasteiger partial charge is 0.163 e. The van der Waals surface area contributed by atoms with Crippen molar-refractivity contribution < 1.29 is 0 Å². The van der Waals surface area contributed by atoms with Gasteiger partial charge in [-0.25, -0.2) is 4.98 Å². The number of pyridine rings is 1. The number of anilines is 2. The molecule has 2 rings (SSSR count). The first-order valence-electron chi connectivity index (χ1n) is 4.67. The van der Waals surface area contributed by atoms with E-state index in [9.17, 15) is 0 Å². The molecule has 0 atom stereocenters. The molecule has 0 saturated heterocycles. The van der Waals surface area contributed by atoms with Crippen molar-refractivity contribution in [3.8, 4) is 6.07 Å². The Kier molecular flexibility index (Phi) is 3.37. The monoisotopic (exact) mass is 321 g/mol. The normalized spacial score (nSPS) is 9.50. The molecule has 1 aromatic carbocycles. The minimum atomic E-state index is 0.404. The summed E-state index contributed by atoms with van der Waals surface area (Å²) in [7, 11) is 0. The maximum atomic E-state index is 8.89. The zero-order valence-corrected chi connectivity index (χ0v) is 10.5. The van der Waals surface area contributed by atoms with Crippen LogP contribution in [0.3, 0.4) is 0 Å². The maximum absolute atomic E-state index is 8.89. The molecule has 78 valence electrons. The van der Waals surface area contributed by atoms with E-state index in [4.69, 9.17) is 5.26 Å². The van der Waals surface area contributed by atoms with Crippen LogP contribution in [-0.2, 0) is 0 Å². The van der Waals surface area contributed by atoms with Crippen LogP contribution >= 0.6 is 22.6 Å². The highest BCUT2D eigenvalue weighted by atomic mass is 127. The summed E-state index contributed by atoms with van der Waals surface area (Å²) < 4.78 is 1.18. The van der Waals surface area contributed by atoms with E-state index in [2.05, 4.69) is 39.0 Å². The fourth-order valence-electron chi connectivity index (χ4n) is 1.28. The molecule has 0 aliphatic heterocycles. The van der Waals surface area contributed by atoms with Crippen LogP contribution in [0.1, 0.15) is 5.69 Å². The lowest BCUT2D eigenvalue weighted by atomic mass is 10.2. The Bertz CT molecular complexity index is 529. The summed E-state index contributed by atoms with van der Waals surface area (Å²) in [4.78, 5) is 3.99. The maximum Gasteiger partial charge on any atom is 0.163 e. The number of benzene rings is 1. The Morgan fingerprint density at radius 1 is 1.19 bits per heavy atom. The van der Waals surface area contributed by atoms with Crippen LogP contribution in [0.2, 0.25) is 0 Å². The highest BCUT2D eigenvalue weighted by Gasteiger charge is 2.01. The Morgan fingerprint density at radius 2 is 1.94 bits per heavy atom. The van der Waals surface area contributed by atoms with Gasteiger partial charge in [0.1, 0.15) is 6.07 Å². The molecule has 1 heterocycles. The Balaban J connectivity index is 2.27. The van der Waals surface area contributed by atoms with Gasteiger partial charge >= 0.3 is 0 Å². The van der Waals surface area contributed by atoms with Crippen molar-refractivity contribution in [1.29, 1.82) is 5.26 Å². The molecule has 1 aromatic heterocycles. The van der Waals surface area contributed by atoms with Crippen LogP contribution in [0.4, 0.5) is 11.4 Å². The summed E-state index contributed by atoms with van der Waals surface area (Å²) in [5.41, 5.74) is 2.08. The summed E-state index contributed by atoms with van der Waals surface area (Å²) in [6.45, 7) is 0. The SMILES string of the molecule is N#Cc1ncccc1Nc1ccc(I)cc1. The average Bonchev–Trinajstić information content (AvgIpc) is 2.33. The summed E-state index contributed by atoms with van der Waals surface area (Å²) in [6, 6.07) is 13.6. The first-order valence-corrected chi connectivity index (χ1v) is 5.75. The van der Waals surface area contributed by atoms with Gasteiger partial charge in [0, 0.05) is 15.5 Å². The fourth-order valence-corrected chi connectivity index (χ4v) is 1.64. The van der Waals surface area contributed by atoms with Gasteiger partial charge in [-0.05, 0) is 59.0 Å². The average molecular weight is 321 g/mol. The Labute approximate surface area is 107 Å². The topological polar surface area (TPSA) is 48.7 Å². The van der Waals surface area contributed by atoms with E-state index in [1.807, 2.05) is 30.3 Å². The quantitative estimate of drug-likeness (QED) is 0.864. The molecular weight excluding hydrogens is 313 g/mol. The molecule has 0 amide bonds. The molecule has 0 aliphatic carbocycles. The fraction of sp³-hybridized carbons (Fsp3) is 0. The van der Waals surface area contributed by atoms with Crippen molar-refractivity contribution in [2.75, 3.05) is 5.32 Å². The number of hydrogen-bond donors (Lipinski definition) is 1. The van der Waals surface area contributed by atoms with Gasteiger partial charge in [0.25, 0.3) is 0 Å². The number of halogens is 1. The molecule has 0 saturated carbocycles. The van der Waals surface area contributed by atoms with Crippen LogP contribution in [0.15, 0.2) is 42.6 Å². The van der Waals surface area contributed by atoms with E-state index in [0.29, 0.717) is 5.69 Å². The zero-order valence-electron chi connectivity index (χ0n) is 8.31. The van der Waals surface area contributed by atoms with Crippen molar-refractivity contribution in [2.24, 2.45) is 0 Å². The molecule has 0 fully saturated rings. The lowest BCUT2D eigenvalue weighted by molar-refractivity contribution is 1.26. The molecule has 3 nitrogen and oxygen atoms in total. The molecule has 4 heteroatoms. The van der Waals surface area contributed by atoms with Crippen molar-refractivity contribution in [3.05, 3.63) is 51.9 Å². The van der Waals surface area contributed by atoms with Crippen LogP contribution in [-0.4, -0.2) is 4.98 Å². The number of hydrogen-bond acceptors (Lipinski definition) is 3. The largest absolute Gasteiger partial charge is 0.353 e. The minimum absolute atomic E-state index is 0.404. The minimum Gasteiger partial charge on any atom is -0.353 e. The van der Waals surface area contributed by atoms with E-state index in [1.54, 1.807) is 12.3 Å². The lowest BCUT2D eigenvalue weighted by Gasteiger charge is -2.06. The molecule has 16 heavy (non-hydrogen) atoms. The molecule has 1 N–H and O–H groups in total. The van der Waals surface area contributed by atoms with Gasteiger partial charge in [0.2, 0.25) is 0 Å². The second kappa shape index (κ2) is 4.94. The van der Waals surface area contributed by atoms with Crippen molar-refractivity contribution in [2.45, 2.75) is 0 Å². The molecule has 2 aromatic rings. The molecule has 0 spiro atoms. The van der Waals surface area contributed by atoms with Gasteiger partial charge in [0.15, 0.2) is 5.69 Å². The summed E-state index contributed by atoms with van der Waals surface area (Å²) in [5.74, 6) is 0. The van der Waals surface area contributed by atoms with Gasteiger partial charge in [-0.2, -0.15) is 5.26 Å². The third kappa shape index (κ3) is 2.49. The molecule has 0 unspecified atom stereocenters. The third-order valence-corrected chi connectivity index (χ3v) is 2.76. The number of nitrogens with zero attached hydrogens (tertiary/aromatic N) is 2. The summed E-state index contributed by atoms with van der Waals surface area (Å²) in [6.07, 6.45) is 1.61.